The topological polar surface area (TPSA) is 46.5 Å². The molecule has 0 radical (unpaired) electrons. The summed E-state index contributed by atoms with van der Waals surface area (Å²) < 4.78 is 5.58. The number of rotatable bonds is 5. The Kier molecular flexibility index (Phi) is 4.04. The Morgan fingerprint density at radius 2 is 2.00 bits per heavy atom. The molecule has 1 rings (SSSR count). The Hall–Kier alpha value is -0.930. The summed E-state index contributed by atoms with van der Waals surface area (Å²) in [4.78, 5) is 10.9. The number of aliphatic hydroxyl groups excluding tert-OH is 1. The van der Waals surface area contributed by atoms with E-state index in [4.69, 9.17) is 9.84 Å². The van der Waals surface area contributed by atoms with Crippen molar-refractivity contribution in [2.75, 3.05) is 13.2 Å². The second kappa shape index (κ2) is 5.08. The Bertz CT molecular complexity index is 237. The van der Waals surface area contributed by atoms with Gasteiger partial charge in [-0.1, -0.05) is 0 Å². The molecular formula is C11H16O3. The van der Waals surface area contributed by atoms with Crippen molar-refractivity contribution in [2.45, 2.75) is 25.4 Å². The van der Waals surface area contributed by atoms with Crippen molar-refractivity contribution in [1.29, 1.82) is 0 Å². The molecular weight excluding hydrogens is 180 g/mol. The minimum Gasteiger partial charge on any atom is -0.396 e. The van der Waals surface area contributed by atoms with E-state index in [1.54, 1.807) is 12.2 Å². The fourth-order valence-corrected chi connectivity index (χ4v) is 1.21. The predicted molar refractivity (Wildman–Crippen MR) is 54.0 cm³/mol. The van der Waals surface area contributed by atoms with Gasteiger partial charge in [0, 0.05) is 13.2 Å². The first-order valence-corrected chi connectivity index (χ1v) is 4.83. The molecule has 0 saturated heterocycles. The summed E-state index contributed by atoms with van der Waals surface area (Å²) in [6.07, 6.45) is 8.14. The summed E-state index contributed by atoms with van der Waals surface area (Å²) >= 11 is 0. The van der Waals surface area contributed by atoms with Gasteiger partial charge in [0.1, 0.15) is 5.60 Å². The normalized spacial score (nSPS) is 18.9. The average Bonchev–Trinajstić information content (AvgIpc) is 2.18. The standard InChI is InChI=1S/C11H16O3/c1-11(14-9-3-2-8-12)6-4-10(13)5-7-11/h4-7,12H,2-3,8-9H2,1H3. The number of ether oxygens (including phenoxy) is 1. The molecule has 0 saturated carbocycles. The summed E-state index contributed by atoms with van der Waals surface area (Å²) in [5.74, 6) is 0.00133. The smallest absolute Gasteiger partial charge is 0.178 e. The van der Waals surface area contributed by atoms with E-state index in [2.05, 4.69) is 0 Å². The fraction of sp³-hybridized carbons (Fsp3) is 0.545. The van der Waals surface area contributed by atoms with Gasteiger partial charge < -0.3 is 9.84 Å². The van der Waals surface area contributed by atoms with Gasteiger partial charge in [0.15, 0.2) is 5.78 Å². The van der Waals surface area contributed by atoms with E-state index in [9.17, 15) is 4.79 Å². The number of hydrogen-bond acceptors (Lipinski definition) is 3. The van der Waals surface area contributed by atoms with Crippen LogP contribution in [0.2, 0.25) is 0 Å². The lowest BCUT2D eigenvalue weighted by Crippen LogP contribution is -2.26. The SMILES string of the molecule is CC1(OCCCCO)C=CC(=O)C=C1. The molecule has 78 valence electrons. The van der Waals surface area contributed by atoms with Crippen LogP contribution in [-0.4, -0.2) is 29.7 Å². The molecule has 0 aromatic heterocycles. The van der Waals surface area contributed by atoms with Gasteiger partial charge in [-0.25, -0.2) is 0 Å². The zero-order valence-electron chi connectivity index (χ0n) is 8.40. The maximum absolute atomic E-state index is 10.9. The van der Waals surface area contributed by atoms with Gasteiger partial charge in [0.2, 0.25) is 0 Å². The summed E-state index contributed by atoms with van der Waals surface area (Å²) in [6.45, 7) is 2.70. The second-order valence-corrected chi connectivity index (χ2v) is 3.53. The summed E-state index contributed by atoms with van der Waals surface area (Å²) in [7, 11) is 0. The molecule has 3 nitrogen and oxygen atoms in total. The van der Waals surface area contributed by atoms with Gasteiger partial charge >= 0.3 is 0 Å². The molecule has 3 heteroatoms. The van der Waals surface area contributed by atoms with Gasteiger partial charge in [0.05, 0.1) is 0 Å². The van der Waals surface area contributed by atoms with Gasteiger partial charge in [-0.05, 0) is 44.1 Å². The van der Waals surface area contributed by atoms with Crippen molar-refractivity contribution in [2.24, 2.45) is 0 Å². The van der Waals surface area contributed by atoms with E-state index in [0.717, 1.165) is 12.8 Å². The van der Waals surface area contributed by atoms with Gasteiger partial charge in [-0.3, -0.25) is 4.79 Å². The van der Waals surface area contributed by atoms with Crippen molar-refractivity contribution in [3.63, 3.8) is 0 Å². The molecule has 0 bridgehead atoms. The molecule has 0 aromatic carbocycles. The van der Waals surface area contributed by atoms with Crippen molar-refractivity contribution in [1.82, 2.24) is 0 Å². The van der Waals surface area contributed by atoms with Crippen LogP contribution in [0.1, 0.15) is 19.8 Å². The van der Waals surface area contributed by atoms with Crippen molar-refractivity contribution in [3.05, 3.63) is 24.3 Å². The molecule has 0 unspecified atom stereocenters. The molecule has 1 N–H and O–H groups in total. The Morgan fingerprint density at radius 3 is 2.57 bits per heavy atom. The number of unbranched alkanes of at least 4 members (excludes halogenated alkanes) is 1. The third-order valence-corrected chi connectivity index (χ3v) is 2.12. The quantitative estimate of drug-likeness (QED) is 0.673. The lowest BCUT2D eigenvalue weighted by molar-refractivity contribution is -0.110. The van der Waals surface area contributed by atoms with Crippen LogP contribution in [0, 0.1) is 0 Å². The zero-order chi connectivity index (χ0) is 10.4. The molecule has 14 heavy (non-hydrogen) atoms. The van der Waals surface area contributed by atoms with E-state index in [1.165, 1.54) is 12.2 Å². The highest BCUT2D eigenvalue weighted by Crippen LogP contribution is 2.18. The lowest BCUT2D eigenvalue weighted by Gasteiger charge is -2.24. The van der Waals surface area contributed by atoms with Crippen LogP contribution in [0.5, 0.6) is 0 Å². The van der Waals surface area contributed by atoms with Crippen LogP contribution in [0.4, 0.5) is 0 Å². The molecule has 0 aromatic rings. The van der Waals surface area contributed by atoms with E-state index < -0.39 is 5.60 Å². The zero-order valence-corrected chi connectivity index (χ0v) is 8.40. The molecule has 0 heterocycles. The molecule has 0 spiro atoms. The van der Waals surface area contributed by atoms with Crippen LogP contribution in [0.15, 0.2) is 24.3 Å². The Labute approximate surface area is 84.1 Å². The first-order valence-electron chi connectivity index (χ1n) is 4.83. The summed E-state index contributed by atoms with van der Waals surface area (Å²) in [5, 5.41) is 8.57. The van der Waals surface area contributed by atoms with E-state index >= 15 is 0 Å². The number of aliphatic hydroxyl groups is 1. The van der Waals surface area contributed by atoms with Crippen molar-refractivity contribution < 1.29 is 14.6 Å². The number of hydrogen-bond donors (Lipinski definition) is 1. The molecule has 0 fully saturated rings. The summed E-state index contributed by atoms with van der Waals surface area (Å²) in [5.41, 5.74) is -0.455. The number of carbonyl (C=O) groups excluding carboxylic acids is 1. The van der Waals surface area contributed by atoms with Crippen molar-refractivity contribution >= 4 is 5.78 Å². The van der Waals surface area contributed by atoms with Crippen LogP contribution < -0.4 is 0 Å². The molecule has 0 aliphatic heterocycles. The van der Waals surface area contributed by atoms with E-state index in [1.807, 2.05) is 6.92 Å². The van der Waals surface area contributed by atoms with Gasteiger partial charge in [-0.2, -0.15) is 0 Å². The Balaban J connectivity index is 2.32. The van der Waals surface area contributed by atoms with E-state index in [-0.39, 0.29) is 12.4 Å². The van der Waals surface area contributed by atoms with Crippen LogP contribution >= 0.6 is 0 Å². The maximum Gasteiger partial charge on any atom is 0.178 e. The maximum atomic E-state index is 10.9. The van der Waals surface area contributed by atoms with Crippen LogP contribution in [-0.2, 0) is 9.53 Å². The monoisotopic (exact) mass is 196 g/mol. The minimum absolute atomic E-state index is 0.00133. The second-order valence-electron chi connectivity index (χ2n) is 3.53. The highest BCUT2D eigenvalue weighted by Gasteiger charge is 2.20. The largest absolute Gasteiger partial charge is 0.396 e. The molecule has 1 aliphatic rings. The Morgan fingerprint density at radius 1 is 1.36 bits per heavy atom. The number of carbonyl (C=O) groups is 1. The predicted octanol–water partition coefficient (Wildman–Crippen LogP) is 1.23. The highest BCUT2D eigenvalue weighted by atomic mass is 16.5. The van der Waals surface area contributed by atoms with Gasteiger partial charge in [-0.15, -0.1) is 0 Å². The van der Waals surface area contributed by atoms with E-state index in [0.29, 0.717) is 6.61 Å². The fourth-order valence-electron chi connectivity index (χ4n) is 1.21. The number of ketones is 1. The first kappa shape index (κ1) is 11.1. The molecule has 0 atom stereocenters. The molecule has 1 aliphatic carbocycles. The number of allylic oxidation sites excluding steroid dienone is 2. The van der Waals surface area contributed by atoms with Crippen molar-refractivity contribution in [3.8, 4) is 0 Å². The molecule has 0 amide bonds. The summed E-state index contributed by atoms with van der Waals surface area (Å²) in [6, 6.07) is 0. The third kappa shape index (κ3) is 3.44. The minimum atomic E-state index is -0.455. The van der Waals surface area contributed by atoms with Crippen LogP contribution in [0.25, 0.3) is 0 Å². The average molecular weight is 196 g/mol. The highest BCUT2D eigenvalue weighted by molar-refractivity contribution is 6.00. The third-order valence-electron chi connectivity index (χ3n) is 2.12. The lowest BCUT2D eigenvalue weighted by atomic mass is 10.00. The first-order chi connectivity index (χ1) is 6.66. The van der Waals surface area contributed by atoms with Crippen LogP contribution in [0.3, 0.4) is 0 Å². The van der Waals surface area contributed by atoms with Gasteiger partial charge in [0.25, 0.3) is 0 Å².